The molecule has 5 nitrogen and oxygen atoms in total. The van der Waals surface area contributed by atoms with Gasteiger partial charge >= 0.3 is 0 Å². The maximum Gasteiger partial charge on any atom is 0.235 e. The molecule has 1 aromatic heterocycles. The van der Waals surface area contributed by atoms with Gasteiger partial charge in [-0.2, -0.15) is 0 Å². The van der Waals surface area contributed by atoms with Crippen LogP contribution in [0.25, 0.3) is 0 Å². The molecule has 0 fully saturated rings. The number of carbonyl (C=O) groups is 1. The molecule has 0 bridgehead atoms. The number of nitrogens with one attached hydrogen (secondary N) is 1. The maximum absolute atomic E-state index is 11.1. The van der Waals surface area contributed by atoms with Crippen molar-refractivity contribution in [1.82, 2.24) is 15.3 Å². The molecular weight excluding hydrogens is 204 g/mol. The second-order valence-corrected chi connectivity index (χ2v) is 3.86. The lowest BCUT2D eigenvalue weighted by Crippen LogP contribution is -2.37. The Bertz CT molecular complexity index is 328. The van der Waals surface area contributed by atoms with Crippen LogP contribution < -0.4 is 11.3 Å². The molecule has 0 saturated carbocycles. The molecule has 0 aliphatic heterocycles. The highest BCUT2D eigenvalue weighted by Crippen LogP contribution is 2.05. The van der Waals surface area contributed by atoms with E-state index in [0.29, 0.717) is 6.42 Å². The summed E-state index contributed by atoms with van der Waals surface area (Å²) >= 11 is 0. The zero-order valence-electron chi connectivity index (χ0n) is 9.68. The third-order valence-electron chi connectivity index (χ3n) is 2.53. The lowest BCUT2D eigenvalue weighted by atomic mass is 10.2. The van der Waals surface area contributed by atoms with Gasteiger partial charge in [-0.3, -0.25) is 20.1 Å². The van der Waals surface area contributed by atoms with E-state index in [-0.39, 0.29) is 11.9 Å². The summed E-state index contributed by atoms with van der Waals surface area (Å²) in [6.45, 7) is 2.71. The van der Waals surface area contributed by atoms with Gasteiger partial charge in [-0.15, -0.1) is 0 Å². The van der Waals surface area contributed by atoms with Crippen molar-refractivity contribution in [2.75, 3.05) is 7.05 Å². The fraction of sp³-hybridized carbons (Fsp3) is 0.455. The lowest BCUT2D eigenvalue weighted by Gasteiger charge is -2.23. The smallest absolute Gasteiger partial charge is 0.235 e. The molecule has 1 aromatic rings. The number of aromatic nitrogens is 1. The van der Waals surface area contributed by atoms with Crippen LogP contribution in [0.3, 0.4) is 0 Å². The van der Waals surface area contributed by atoms with Crippen molar-refractivity contribution < 1.29 is 4.79 Å². The van der Waals surface area contributed by atoms with E-state index in [4.69, 9.17) is 5.84 Å². The third-order valence-corrected chi connectivity index (χ3v) is 2.53. The van der Waals surface area contributed by atoms with E-state index in [1.807, 2.05) is 32.2 Å². The summed E-state index contributed by atoms with van der Waals surface area (Å²) < 4.78 is 0. The first kappa shape index (κ1) is 12.6. The standard InChI is InChI=1S/C11H18N4O/c1-9(7-11(16)14-12)15(2)8-10-5-3-4-6-13-10/h3-6,9H,7-8,12H2,1-2H3,(H,14,16). The minimum Gasteiger partial charge on any atom is -0.297 e. The van der Waals surface area contributed by atoms with Gasteiger partial charge in [0.05, 0.1) is 5.69 Å². The van der Waals surface area contributed by atoms with Crippen LogP contribution in [0.15, 0.2) is 24.4 Å². The molecule has 1 rings (SSSR count). The van der Waals surface area contributed by atoms with Crippen LogP contribution in [0.1, 0.15) is 19.0 Å². The Hall–Kier alpha value is -1.46. The zero-order valence-corrected chi connectivity index (χ0v) is 9.68. The quantitative estimate of drug-likeness (QED) is 0.426. The van der Waals surface area contributed by atoms with Crippen LogP contribution >= 0.6 is 0 Å². The molecule has 16 heavy (non-hydrogen) atoms. The SMILES string of the molecule is CC(CC(=O)NN)N(C)Cc1ccccn1. The highest BCUT2D eigenvalue weighted by molar-refractivity contribution is 5.75. The maximum atomic E-state index is 11.1. The Morgan fingerprint density at radius 2 is 2.38 bits per heavy atom. The van der Waals surface area contributed by atoms with E-state index in [0.717, 1.165) is 12.2 Å². The number of hydrazine groups is 1. The number of hydrogen-bond donors (Lipinski definition) is 2. The molecule has 1 heterocycles. The molecule has 0 spiro atoms. The van der Waals surface area contributed by atoms with E-state index >= 15 is 0 Å². The largest absolute Gasteiger partial charge is 0.297 e. The Kier molecular flexibility index (Phi) is 4.88. The number of pyridine rings is 1. The molecule has 0 radical (unpaired) electrons. The molecule has 0 aliphatic rings. The molecule has 0 saturated heterocycles. The van der Waals surface area contributed by atoms with Crippen molar-refractivity contribution in [1.29, 1.82) is 0 Å². The summed E-state index contributed by atoms with van der Waals surface area (Å²) in [6.07, 6.45) is 2.15. The molecule has 1 amide bonds. The molecule has 5 heteroatoms. The molecule has 1 unspecified atom stereocenters. The van der Waals surface area contributed by atoms with E-state index in [9.17, 15) is 4.79 Å². The molecule has 3 N–H and O–H groups in total. The van der Waals surface area contributed by atoms with Gasteiger partial charge in [-0.25, -0.2) is 5.84 Å². The zero-order chi connectivity index (χ0) is 12.0. The fourth-order valence-electron chi connectivity index (χ4n) is 1.39. The van der Waals surface area contributed by atoms with Crippen LogP contribution in [0.2, 0.25) is 0 Å². The minimum absolute atomic E-state index is 0.130. The van der Waals surface area contributed by atoms with Gasteiger partial charge in [-0.1, -0.05) is 6.07 Å². The summed E-state index contributed by atoms with van der Waals surface area (Å²) in [4.78, 5) is 17.4. The van der Waals surface area contributed by atoms with Gasteiger partial charge in [-0.05, 0) is 26.1 Å². The molecule has 1 atom stereocenters. The van der Waals surface area contributed by atoms with Crippen LogP contribution in [0.5, 0.6) is 0 Å². The highest BCUT2D eigenvalue weighted by atomic mass is 16.2. The van der Waals surface area contributed by atoms with Gasteiger partial charge < -0.3 is 0 Å². The third kappa shape index (κ3) is 3.96. The normalized spacial score (nSPS) is 12.5. The second kappa shape index (κ2) is 6.19. The van der Waals surface area contributed by atoms with Crippen molar-refractivity contribution in [2.24, 2.45) is 5.84 Å². The number of hydrogen-bond acceptors (Lipinski definition) is 4. The van der Waals surface area contributed by atoms with Crippen molar-refractivity contribution >= 4 is 5.91 Å². The predicted octanol–water partition coefficient (Wildman–Crippen LogP) is 0.282. The van der Waals surface area contributed by atoms with Crippen LogP contribution in [0, 0.1) is 0 Å². The molecular formula is C11H18N4O. The van der Waals surface area contributed by atoms with Gasteiger partial charge in [0, 0.05) is 25.2 Å². The predicted molar refractivity (Wildman–Crippen MR) is 62.1 cm³/mol. The Morgan fingerprint density at radius 1 is 1.62 bits per heavy atom. The first-order chi connectivity index (χ1) is 7.63. The van der Waals surface area contributed by atoms with Gasteiger partial charge in [0.25, 0.3) is 0 Å². The number of nitrogens with two attached hydrogens (primary N) is 1. The second-order valence-electron chi connectivity index (χ2n) is 3.86. The van der Waals surface area contributed by atoms with Crippen molar-refractivity contribution in [3.05, 3.63) is 30.1 Å². The van der Waals surface area contributed by atoms with Crippen LogP contribution in [-0.4, -0.2) is 28.9 Å². The van der Waals surface area contributed by atoms with Crippen molar-refractivity contribution in [3.63, 3.8) is 0 Å². The number of rotatable bonds is 5. The topological polar surface area (TPSA) is 71.2 Å². The van der Waals surface area contributed by atoms with Gasteiger partial charge in [0.1, 0.15) is 0 Å². The fourth-order valence-corrected chi connectivity index (χ4v) is 1.39. The summed E-state index contributed by atoms with van der Waals surface area (Å²) in [6, 6.07) is 5.93. The number of nitrogens with zero attached hydrogens (tertiary/aromatic N) is 2. The summed E-state index contributed by atoms with van der Waals surface area (Å²) in [5.41, 5.74) is 3.12. The van der Waals surface area contributed by atoms with E-state index in [1.54, 1.807) is 6.20 Å². The van der Waals surface area contributed by atoms with E-state index in [1.165, 1.54) is 0 Å². The molecule has 0 aliphatic carbocycles. The minimum atomic E-state index is -0.152. The van der Waals surface area contributed by atoms with Crippen LogP contribution in [-0.2, 0) is 11.3 Å². The number of carbonyl (C=O) groups excluding carboxylic acids is 1. The van der Waals surface area contributed by atoms with E-state index < -0.39 is 0 Å². The van der Waals surface area contributed by atoms with E-state index in [2.05, 4.69) is 15.3 Å². The van der Waals surface area contributed by atoms with Gasteiger partial charge in [0.2, 0.25) is 5.91 Å². The lowest BCUT2D eigenvalue weighted by molar-refractivity contribution is -0.122. The van der Waals surface area contributed by atoms with Crippen molar-refractivity contribution in [3.8, 4) is 0 Å². The average molecular weight is 222 g/mol. The average Bonchev–Trinajstić information content (AvgIpc) is 2.30. The van der Waals surface area contributed by atoms with Crippen molar-refractivity contribution in [2.45, 2.75) is 25.9 Å². The van der Waals surface area contributed by atoms with Gasteiger partial charge in [0.15, 0.2) is 0 Å². The molecule has 88 valence electrons. The highest BCUT2D eigenvalue weighted by Gasteiger charge is 2.13. The Labute approximate surface area is 95.6 Å². The Morgan fingerprint density at radius 3 is 2.94 bits per heavy atom. The monoisotopic (exact) mass is 222 g/mol. The van der Waals surface area contributed by atoms with Crippen LogP contribution in [0.4, 0.5) is 0 Å². The summed E-state index contributed by atoms with van der Waals surface area (Å²) in [7, 11) is 1.96. The first-order valence-corrected chi connectivity index (χ1v) is 5.23. The first-order valence-electron chi connectivity index (χ1n) is 5.23. The summed E-state index contributed by atoms with van der Waals surface area (Å²) in [5, 5.41) is 0. The molecule has 0 aromatic carbocycles. The summed E-state index contributed by atoms with van der Waals surface area (Å²) in [5.74, 6) is 4.89. The Balaban J connectivity index is 2.46. The number of amides is 1.